The molecule has 0 heterocycles. The molecule has 5 heteroatoms. The van der Waals surface area contributed by atoms with E-state index in [-0.39, 0.29) is 0 Å². The van der Waals surface area contributed by atoms with Gasteiger partial charge in [0.2, 0.25) is 6.20 Å². The SMILES string of the molecule is N#CSc1ccc(C=C[N+](=O)[O-])cc1. The Morgan fingerprint density at radius 1 is 1.43 bits per heavy atom. The molecule has 1 aromatic rings. The van der Waals surface area contributed by atoms with E-state index in [9.17, 15) is 10.1 Å². The minimum Gasteiger partial charge on any atom is -0.259 e. The van der Waals surface area contributed by atoms with E-state index in [1.807, 2.05) is 5.40 Å². The van der Waals surface area contributed by atoms with Gasteiger partial charge >= 0.3 is 0 Å². The number of benzene rings is 1. The van der Waals surface area contributed by atoms with Crippen molar-refractivity contribution < 1.29 is 4.92 Å². The Hall–Kier alpha value is -1.80. The van der Waals surface area contributed by atoms with Gasteiger partial charge in [0.25, 0.3) is 0 Å². The number of thioether (sulfide) groups is 1. The summed E-state index contributed by atoms with van der Waals surface area (Å²) in [6.45, 7) is 0. The van der Waals surface area contributed by atoms with E-state index in [0.29, 0.717) is 0 Å². The lowest BCUT2D eigenvalue weighted by atomic mass is 10.2. The minimum atomic E-state index is -0.516. The van der Waals surface area contributed by atoms with E-state index in [1.54, 1.807) is 24.3 Å². The monoisotopic (exact) mass is 206 g/mol. The molecule has 0 radical (unpaired) electrons. The van der Waals surface area contributed by atoms with Gasteiger partial charge in [0.05, 0.1) is 4.92 Å². The van der Waals surface area contributed by atoms with E-state index in [2.05, 4.69) is 0 Å². The van der Waals surface area contributed by atoms with Crippen LogP contribution in [0.15, 0.2) is 35.4 Å². The van der Waals surface area contributed by atoms with Crippen LogP contribution in [0.1, 0.15) is 5.56 Å². The van der Waals surface area contributed by atoms with Gasteiger partial charge in [-0.1, -0.05) is 12.1 Å². The zero-order chi connectivity index (χ0) is 10.4. The molecule has 0 N–H and O–H groups in total. The van der Waals surface area contributed by atoms with Gasteiger partial charge in [-0.15, -0.1) is 0 Å². The summed E-state index contributed by atoms with van der Waals surface area (Å²) in [6, 6.07) is 6.93. The molecule has 0 unspecified atom stereocenters. The lowest BCUT2D eigenvalue weighted by molar-refractivity contribution is -0.400. The molecule has 0 spiro atoms. The number of hydrogen-bond donors (Lipinski definition) is 0. The van der Waals surface area contributed by atoms with Gasteiger partial charge in [-0.3, -0.25) is 10.1 Å². The highest BCUT2D eigenvalue weighted by Gasteiger charge is 1.93. The molecular formula is C9H6N2O2S. The predicted molar refractivity (Wildman–Crippen MR) is 53.9 cm³/mol. The first-order valence-corrected chi connectivity index (χ1v) is 4.52. The quantitative estimate of drug-likeness (QED) is 0.330. The van der Waals surface area contributed by atoms with Crippen LogP contribution in [0.25, 0.3) is 6.08 Å². The highest BCUT2D eigenvalue weighted by Crippen LogP contribution is 2.17. The molecule has 0 saturated heterocycles. The van der Waals surface area contributed by atoms with Gasteiger partial charge in [0, 0.05) is 11.0 Å². The lowest BCUT2D eigenvalue weighted by Crippen LogP contribution is -1.82. The highest BCUT2D eigenvalue weighted by atomic mass is 32.2. The molecule has 1 aromatic carbocycles. The fourth-order valence-electron chi connectivity index (χ4n) is 0.847. The number of thiocyanates is 1. The molecule has 4 nitrogen and oxygen atoms in total. The summed E-state index contributed by atoms with van der Waals surface area (Å²) in [5.74, 6) is 0. The van der Waals surface area contributed by atoms with Crippen LogP contribution in [-0.2, 0) is 0 Å². The average molecular weight is 206 g/mol. The Labute approximate surface area is 85.0 Å². The van der Waals surface area contributed by atoms with Gasteiger partial charge in [-0.2, -0.15) is 5.26 Å². The Kier molecular flexibility index (Phi) is 3.70. The van der Waals surface area contributed by atoms with Crippen LogP contribution in [0.5, 0.6) is 0 Å². The third kappa shape index (κ3) is 3.29. The molecule has 0 aliphatic carbocycles. The first-order valence-electron chi connectivity index (χ1n) is 3.70. The van der Waals surface area contributed by atoms with Gasteiger partial charge < -0.3 is 0 Å². The molecule has 0 aliphatic heterocycles. The number of nitrogens with zero attached hydrogens (tertiary/aromatic N) is 2. The van der Waals surface area contributed by atoms with Crippen LogP contribution in [0.4, 0.5) is 0 Å². The van der Waals surface area contributed by atoms with Crippen LogP contribution in [0, 0.1) is 20.8 Å². The maximum atomic E-state index is 10.0. The van der Waals surface area contributed by atoms with Crippen molar-refractivity contribution in [2.45, 2.75) is 4.90 Å². The maximum Gasteiger partial charge on any atom is 0.235 e. The first-order chi connectivity index (χ1) is 6.72. The molecule has 0 amide bonds. The van der Waals surface area contributed by atoms with Crippen LogP contribution in [0.3, 0.4) is 0 Å². The Morgan fingerprint density at radius 3 is 2.57 bits per heavy atom. The summed E-state index contributed by atoms with van der Waals surface area (Å²) >= 11 is 1.06. The number of hydrogen-bond acceptors (Lipinski definition) is 4. The smallest absolute Gasteiger partial charge is 0.235 e. The normalized spacial score (nSPS) is 9.93. The van der Waals surface area contributed by atoms with Crippen molar-refractivity contribution in [3.8, 4) is 5.40 Å². The number of nitro groups is 1. The zero-order valence-corrected chi connectivity index (χ0v) is 7.90. The second-order valence-electron chi connectivity index (χ2n) is 2.36. The Bertz CT molecular complexity index is 392. The van der Waals surface area contributed by atoms with Gasteiger partial charge in [-0.25, -0.2) is 0 Å². The van der Waals surface area contributed by atoms with E-state index in [1.165, 1.54) is 6.08 Å². The van der Waals surface area contributed by atoms with E-state index in [4.69, 9.17) is 5.26 Å². The number of nitriles is 1. The van der Waals surface area contributed by atoms with Crippen molar-refractivity contribution in [3.05, 3.63) is 46.1 Å². The van der Waals surface area contributed by atoms with Crippen molar-refractivity contribution in [1.82, 2.24) is 0 Å². The second-order valence-corrected chi connectivity index (χ2v) is 3.22. The third-order valence-electron chi connectivity index (χ3n) is 1.43. The van der Waals surface area contributed by atoms with Gasteiger partial charge in [-0.05, 0) is 29.5 Å². The highest BCUT2D eigenvalue weighted by molar-refractivity contribution is 8.03. The molecule has 70 valence electrons. The Balaban J connectivity index is 2.74. The van der Waals surface area contributed by atoms with Crippen molar-refractivity contribution >= 4 is 17.8 Å². The molecule has 0 bridgehead atoms. The molecular weight excluding hydrogens is 200 g/mol. The summed E-state index contributed by atoms with van der Waals surface area (Å²) in [5.41, 5.74) is 0.740. The summed E-state index contributed by atoms with van der Waals surface area (Å²) in [5, 5.41) is 20.3. The van der Waals surface area contributed by atoms with Crippen molar-refractivity contribution in [2.24, 2.45) is 0 Å². The number of rotatable bonds is 3. The summed E-state index contributed by atoms with van der Waals surface area (Å²) in [7, 11) is 0. The van der Waals surface area contributed by atoms with Crippen molar-refractivity contribution in [2.75, 3.05) is 0 Å². The van der Waals surface area contributed by atoms with Crippen molar-refractivity contribution in [3.63, 3.8) is 0 Å². The predicted octanol–water partition coefficient (Wildman–Crippen LogP) is 2.51. The fraction of sp³-hybridized carbons (Fsp3) is 0. The molecule has 0 aromatic heterocycles. The summed E-state index contributed by atoms with van der Waals surface area (Å²) in [6.07, 6.45) is 2.28. The maximum absolute atomic E-state index is 10.0. The summed E-state index contributed by atoms with van der Waals surface area (Å²) < 4.78 is 0. The van der Waals surface area contributed by atoms with E-state index < -0.39 is 4.92 Å². The molecule has 0 saturated carbocycles. The summed E-state index contributed by atoms with van der Waals surface area (Å²) in [4.78, 5) is 10.3. The zero-order valence-electron chi connectivity index (χ0n) is 7.08. The van der Waals surface area contributed by atoms with Gasteiger partial charge in [0.1, 0.15) is 5.40 Å². The van der Waals surface area contributed by atoms with Crippen LogP contribution < -0.4 is 0 Å². The second kappa shape index (κ2) is 5.04. The minimum absolute atomic E-state index is 0.516. The van der Waals surface area contributed by atoms with E-state index >= 15 is 0 Å². The topological polar surface area (TPSA) is 66.9 Å². The molecule has 14 heavy (non-hydrogen) atoms. The van der Waals surface area contributed by atoms with Crippen LogP contribution in [-0.4, -0.2) is 4.92 Å². The van der Waals surface area contributed by atoms with Crippen LogP contribution >= 0.6 is 11.8 Å². The lowest BCUT2D eigenvalue weighted by Gasteiger charge is -1.93. The Morgan fingerprint density at radius 2 is 2.07 bits per heavy atom. The first kappa shape index (κ1) is 10.3. The largest absolute Gasteiger partial charge is 0.259 e. The molecule has 0 atom stereocenters. The average Bonchev–Trinajstić information content (AvgIpc) is 2.17. The van der Waals surface area contributed by atoms with E-state index in [0.717, 1.165) is 28.4 Å². The van der Waals surface area contributed by atoms with Gasteiger partial charge in [0.15, 0.2) is 0 Å². The molecule has 1 rings (SSSR count). The molecule has 0 fully saturated rings. The molecule has 0 aliphatic rings. The third-order valence-corrected chi connectivity index (χ3v) is 2.03. The van der Waals surface area contributed by atoms with Crippen LogP contribution in [0.2, 0.25) is 0 Å². The fourth-order valence-corrected chi connectivity index (χ4v) is 1.22. The standard InChI is InChI=1S/C9H6N2O2S/c10-7-14-9-3-1-8(2-4-9)5-6-11(12)13/h1-6H. The van der Waals surface area contributed by atoms with Crippen molar-refractivity contribution in [1.29, 1.82) is 5.26 Å².